The van der Waals surface area contributed by atoms with Crippen molar-refractivity contribution in [2.45, 2.75) is 25.8 Å². The number of hydrogen-bond acceptors (Lipinski definition) is 4. The number of aryl methyl sites for hydroxylation is 1. The van der Waals surface area contributed by atoms with E-state index in [1.807, 2.05) is 25.1 Å². The van der Waals surface area contributed by atoms with E-state index in [-0.39, 0.29) is 6.04 Å². The molecule has 0 radical (unpaired) electrons. The van der Waals surface area contributed by atoms with E-state index in [1.54, 1.807) is 0 Å². The topological polar surface area (TPSA) is 75.4 Å². The van der Waals surface area contributed by atoms with Gasteiger partial charge in [-0.15, -0.1) is 0 Å². The third kappa shape index (κ3) is 3.39. The molecule has 0 bridgehead atoms. The minimum atomic E-state index is -3.06. The minimum Gasteiger partial charge on any atom is -0.397 e. The summed E-state index contributed by atoms with van der Waals surface area (Å²) in [6.07, 6.45) is 2.88. The first-order valence-electron chi connectivity index (χ1n) is 6.44. The van der Waals surface area contributed by atoms with Crippen molar-refractivity contribution >= 4 is 21.4 Å². The van der Waals surface area contributed by atoms with Gasteiger partial charge in [0.05, 0.1) is 17.6 Å². The summed E-state index contributed by atoms with van der Waals surface area (Å²) in [6.45, 7) is 3.12. The molecule has 0 amide bonds. The van der Waals surface area contributed by atoms with Gasteiger partial charge in [-0.3, -0.25) is 0 Å². The smallest absolute Gasteiger partial charge is 0.211 e. The predicted molar refractivity (Wildman–Crippen MR) is 78.7 cm³/mol. The molecule has 6 heteroatoms. The van der Waals surface area contributed by atoms with Crippen LogP contribution < -0.4 is 11.1 Å². The van der Waals surface area contributed by atoms with E-state index in [9.17, 15) is 8.42 Å². The maximum absolute atomic E-state index is 11.4. The van der Waals surface area contributed by atoms with Gasteiger partial charge in [-0.2, -0.15) is 0 Å². The Bertz CT molecular complexity index is 549. The molecular formula is C13H21N3O2S. The van der Waals surface area contributed by atoms with Crippen molar-refractivity contribution in [2.75, 3.05) is 30.4 Å². The van der Waals surface area contributed by atoms with Crippen molar-refractivity contribution in [1.29, 1.82) is 0 Å². The van der Waals surface area contributed by atoms with E-state index >= 15 is 0 Å². The van der Waals surface area contributed by atoms with Gasteiger partial charge in [-0.05, 0) is 31.4 Å². The fourth-order valence-electron chi connectivity index (χ4n) is 2.36. The van der Waals surface area contributed by atoms with Gasteiger partial charge < -0.3 is 11.1 Å². The molecule has 1 aromatic rings. The highest BCUT2D eigenvalue weighted by Gasteiger charge is 2.24. The summed E-state index contributed by atoms with van der Waals surface area (Å²) >= 11 is 0. The molecule has 0 unspecified atom stereocenters. The first-order chi connectivity index (χ1) is 8.88. The van der Waals surface area contributed by atoms with Gasteiger partial charge >= 0.3 is 0 Å². The number of nitrogen functional groups attached to an aromatic ring is 1. The van der Waals surface area contributed by atoms with Crippen molar-refractivity contribution in [3.63, 3.8) is 0 Å². The lowest BCUT2D eigenvalue weighted by molar-refractivity contribution is 0.332. The highest BCUT2D eigenvalue weighted by molar-refractivity contribution is 7.88. The number of para-hydroxylation sites is 1. The molecule has 1 heterocycles. The summed E-state index contributed by atoms with van der Waals surface area (Å²) in [6, 6.07) is 6.19. The number of rotatable bonds is 3. The standard InChI is InChI=1S/C13H21N3O2S/c1-10-4-3-5-12(13(10)14)15-11-6-8-16(9-7-11)19(2,17)18/h3-5,11,15H,6-9,14H2,1-2H3. The highest BCUT2D eigenvalue weighted by Crippen LogP contribution is 2.25. The minimum absolute atomic E-state index is 0.280. The fourth-order valence-corrected chi connectivity index (χ4v) is 3.23. The van der Waals surface area contributed by atoms with Crippen LogP contribution in [0.5, 0.6) is 0 Å². The Hall–Kier alpha value is -1.27. The lowest BCUT2D eigenvalue weighted by Gasteiger charge is -2.31. The van der Waals surface area contributed by atoms with Gasteiger partial charge in [0.15, 0.2) is 0 Å². The van der Waals surface area contributed by atoms with Gasteiger partial charge in [0.2, 0.25) is 10.0 Å². The Morgan fingerprint density at radius 2 is 1.95 bits per heavy atom. The second-order valence-corrected chi connectivity index (χ2v) is 7.10. The molecule has 1 fully saturated rings. The van der Waals surface area contributed by atoms with Crippen LogP contribution in [0, 0.1) is 6.92 Å². The summed E-state index contributed by atoms with van der Waals surface area (Å²) in [5.41, 5.74) is 8.80. The molecular weight excluding hydrogens is 262 g/mol. The lowest BCUT2D eigenvalue weighted by Crippen LogP contribution is -2.41. The van der Waals surface area contributed by atoms with E-state index in [2.05, 4.69) is 5.32 Å². The third-order valence-corrected chi connectivity index (χ3v) is 4.91. The summed E-state index contributed by atoms with van der Waals surface area (Å²) < 4.78 is 24.4. The zero-order chi connectivity index (χ0) is 14.0. The normalized spacial score (nSPS) is 18.4. The van der Waals surface area contributed by atoms with Gasteiger partial charge in [-0.25, -0.2) is 12.7 Å². The van der Waals surface area contributed by atoms with Crippen molar-refractivity contribution in [1.82, 2.24) is 4.31 Å². The van der Waals surface area contributed by atoms with Crippen LogP contribution in [-0.4, -0.2) is 38.1 Å². The molecule has 1 aliphatic rings. The van der Waals surface area contributed by atoms with E-state index in [0.29, 0.717) is 13.1 Å². The Balaban J connectivity index is 1.98. The van der Waals surface area contributed by atoms with E-state index in [1.165, 1.54) is 10.6 Å². The predicted octanol–water partition coefficient (Wildman–Crippen LogP) is 1.41. The zero-order valence-electron chi connectivity index (χ0n) is 11.4. The quantitative estimate of drug-likeness (QED) is 0.823. The van der Waals surface area contributed by atoms with Crippen molar-refractivity contribution in [2.24, 2.45) is 0 Å². The average molecular weight is 283 g/mol. The van der Waals surface area contributed by atoms with Crippen molar-refractivity contribution in [3.8, 4) is 0 Å². The Morgan fingerprint density at radius 1 is 1.32 bits per heavy atom. The number of nitrogens with two attached hydrogens (primary N) is 1. The van der Waals surface area contributed by atoms with E-state index in [0.717, 1.165) is 29.8 Å². The SMILES string of the molecule is Cc1cccc(NC2CCN(S(C)(=O)=O)CC2)c1N. The average Bonchev–Trinajstić information content (AvgIpc) is 2.35. The van der Waals surface area contributed by atoms with Crippen molar-refractivity contribution < 1.29 is 8.42 Å². The van der Waals surface area contributed by atoms with Crippen LogP contribution in [0.1, 0.15) is 18.4 Å². The number of anilines is 2. The maximum Gasteiger partial charge on any atom is 0.211 e. The van der Waals surface area contributed by atoms with Gasteiger partial charge in [0.1, 0.15) is 0 Å². The third-order valence-electron chi connectivity index (χ3n) is 3.61. The molecule has 0 aromatic heterocycles. The zero-order valence-corrected chi connectivity index (χ0v) is 12.2. The molecule has 0 saturated carbocycles. The Labute approximate surface area is 114 Å². The summed E-state index contributed by atoms with van der Waals surface area (Å²) in [7, 11) is -3.06. The second kappa shape index (κ2) is 5.38. The monoisotopic (exact) mass is 283 g/mol. The fraction of sp³-hybridized carbons (Fsp3) is 0.538. The summed E-state index contributed by atoms with van der Waals surface area (Å²) in [4.78, 5) is 0. The van der Waals surface area contributed by atoms with Crippen LogP contribution in [0.25, 0.3) is 0 Å². The number of hydrogen-bond donors (Lipinski definition) is 2. The Kier molecular flexibility index (Phi) is 4.01. The van der Waals surface area contributed by atoms with Gasteiger partial charge in [-0.1, -0.05) is 12.1 Å². The molecule has 106 valence electrons. The number of nitrogens with zero attached hydrogens (tertiary/aromatic N) is 1. The molecule has 19 heavy (non-hydrogen) atoms. The maximum atomic E-state index is 11.4. The van der Waals surface area contributed by atoms with Crippen LogP contribution in [-0.2, 0) is 10.0 Å². The Morgan fingerprint density at radius 3 is 2.53 bits per heavy atom. The number of piperidine rings is 1. The molecule has 0 spiro atoms. The number of benzene rings is 1. The molecule has 0 atom stereocenters. The summed E-state index contributed by atoms with van der Waals surface area (Å²) in [5.74, 6) is 0. The molecule has 1 saturated heterocycles. The van der Waals surface area contributed by atoms with Crippen LogP contribution in [0.15, 0.2) is 18.2 Å². The lowest BCUT2D eigenvalue weighted by atomic mass is 10.1. The highest BCUT2D eigenvalue weighted by atomic mass is 32.2. The molecule has 3 N–H and O–H groups in total. The second-order valence-electron chi connectivity index (χ2n) is 5.12. The van der Waals surface area contributed by atoms with Gasteiger partial charge in [0.25, 0.3) is 0 Å². The van der Waals surface area contributed by atoms with Crippen LogP contribution in [0.3, 0.4) is 0 Å². The molecule has 1 aromatic carbocycles. The van der Waals surface area contributed by atoms with Crippen molar-refractivity contribution in [3.05, 3.63) is 23.8 Å². The molecule has 1 aliphatic heterocycles. The molecule has 0 aliphatic carbocycles. The van der Waals surface area contributed by atoms with Gasteiger partial charge in [0, 0.05) is 19.1 Å². The first kappa shape index (κ1) is 14.1. The molecule has 5 nitrogen and oxygen atoms in total. The van der Waals surface area contributed by atoms with E-state index < -0.39 is 10.0 Å². The van der Waals surface area contributed by atoms with Crippen LogP contribution >= 0.6 is 0 Å². The van der Waals surface area contributed by atoms with Crippen LogP contribution in [0.2, 0.25) is 0 Å². The summed E-state index contributed by atoms with van der Waals surface area (Å²) in [5, 5.41) is 3.42. The van der Waals surface area contributed by atoms with E-state index in [4.69, 9.17) is 5.73 Å². The molecule has 2 rings (SSSR count). The largest absolute Gasteiger partial charge is 0.397 e. The first-order valence-corrected chi connectivity index (χ1v) is 8.29. The number of sulfonamides is 1. The van der Waals surface area contributed by atoms with Crippen LogP contribution in [0.4, 0.5) is 11.4 Å². The number of nitrogens with one attached hydrogen (secondary N) is 1.